The lowest BCUT2D eigenvalue weighted by atomic mass is 10.0. The van der Waals surface area contributed by atoms with Gasteiger partial charge in [-0.15, -0.1) is 0 Å². The number of hydrogen-bond acceptors (Lipinski definition) is 4. The molecule has 8 heteroatoms. The van der Waals surface area contributed by atoms with Gasteiger partial charge in [0.15, 0.2) is 0 Å². The first-order valence-corrected chi connectivity index (χ1v) is 8.31. The van der Waals surface area contributed by atoms with Gasteiger partial charge in [-0.25, -0.2) is 0 Å². The summed E-state index contributed by atoms with van der Waals surface area (Å²) in [6.45, 7) is 0. The largest absolute Gasteiger partial charge is 0.367 e. The number of aryl methyl sites for hydroxylation is 1. The third-order valence-corrected chi connectivity index (χ3v) is 4.20. The number of carbonyl (C=O) groups excluding carboxylic acids is 3. The lowest BCUT2D eigenvalue weighted by Crippen LogP contribution is -2.47. The van der Waals surface area contributed by atoms with Crippen LogP contribution < -0.4 is 11.1 Å². The molecule has 3 rings (SSSR count). The smallest absolute Gasteiger partial charge is 0.287 e. The summed E-state index contributed by atoms with van der Waals surface area (Å²) in [7, 11) is 1.72. The number of Topliss-reactive ketones (excluding diaryl/α,β-unsaturated/α-hetero) is 1. The maximum absolute atomic E-state index is 12.8. The number of nitrogens with zero attached hydrogens (tertiary/aromatic N) is 2. The average molecular weight is 365 g/mol. The van der Waals surface area contributed by atoms with E-state index in [1.807, 2.05) is 36.4 Å². The number of H-pyrrole nitrogens is 1. The SMILES string of the molecule is Cn1ncc(C(=O)NC(Cc2ccccc2)C(=O)C(N)=O)c1-c1cc[nH]c1. The zero-order valence-electron chi connectivity index (χ0n) is 14.7. The van der Waals surface area contributed by atoms with Crippen LogP contribution in [-0.2, 0) is 23.1 Å². The second-order valence-electron chi connectivity index (χ2n) is 6.07. The highest BCUT2D eigenvalue weighted by atomic mass is 16.2. The molecule has 0 saturated carbocycles. The van der Waals surface area contributed by atoms with Crippen LogP contribution in [0.25, 0.3) is 11.3 Å². The number of amides is 2. The summed E-state index contributed by atoms with van der Waals surface area (Å²) in [5, 5.41) is 6.76. The highest BCUT2D eigenvalue weighted by Gasteiger charge is 2.27. The van der Waals surface area contributed by atoms with Crippen molar-refractivity contribution in [3.63, 3.8) is 0 Å². The third kappa shape index (κ3) is 3.95. The molecule has 0 radical (unpaired) electrons. The predicted molar refractivity (Wildman–Crippen MR) is 98.6 cm³/mol. The summed E-state index contributed by atoms with van der Waals surface area (Å²) in [6, 6.07) is 9.83. The van der Waals surface area contributed by atoms with E-state index in [1.165, 1.54) is 6.20 Å². The molecular weight excluding hydrogens is 346 g/mol. The number of primary amides is 1. The molecule has 0 spiro atoms. The Morgan fingerprint density at radius 1 is 1.22 bits per heavy atom. The van der Waals surface area contributed by atoms with E-state index in [0.29, 0.717) is 11.3 Å². The summed E-state index contributed by atoms with van der Waals surface area (Å²) in [6.07, 6.45) is 5.06. The average Bonchev–Trinajstić information content (AvgIpc) is 3.30. The van der Waals surface area contributed by atoms with E-state index < -0.39 is 23.6 Å². The molecule has 8 nitrogen and oxygen atoms in total. The van der Waals surface area contributed by atoms with Gasteiger partial charge in [0.1, 0.15) is 6.04 Å². The van der Waals surface area contributed by atoms with Crippen LogP contribution in [0.3, 0.4) is 0 Å². The molecule has 0 bridgehead atoms. The van der Waals surface area contributed by atoms with Gasteiger partial charge < -0.3 is 16.0 Å². The molecular formula is C19H19N5O3. The van der Waals surface area contributed by atoms with Gasteiger partial charge in [-0.3, -0.25) is 19.1 Å². The first kappa shape index (κ1) is 18.1. The van der Waals surface area contributed by atoms with E-state index in [4.69, 9.17) is 5.73 Å². The zero-order valence-corrected chi connectivity index (χ0v) is 14.7. The van der Waals surface area contributed by atoms with Crippen LogP contribution >= 0.6 is 0 Å². The molecule has 0 aliphatic heterocycles. The number of carbonyl (C=O) groups is 3. The predicted octanol–water partition coefficient (Wildman–Crippen LogP) is 0.811. The highest BCUT2D eigenvalue weighted by Crippen LogP contribution is 2.22. The second-order valence-corrected chi connectivity index (χ2v) is 6.07. The Kier molecular flexibility index (Phi) is 5.16. The Balaban J connectivity index is 1.87. The molecule has 138 valence electrons. The van der Waals surface area contributed by atoms with Gasteiger partial charge in [0.05, 0.1) is 17.5 Å². The molecule has 0 saturated heterocycles. The third-order valence-electron chi connectivity index (χ3n) is 4.20. The van der Waals surface area contributed by atoms with E-state index in [0.717, 1.165) is 11.1 Å². The van der Waals surface area contributed by atoms with E-state index in [-0.39, 0.29) is 6.42 Å². The van der Waals surface area contributed by atoms with Crippen LogP contribution in [0.15, 0.2) is 55.0 Å². The van der Waals surface area contributed by atoms with E-state index >= 15 is 0 Å². The molecule has 27 heavy (non-hydrogen) atoms. The maximum Gasteiger partial charge on any atom is 0.287 e. The summed E-state index contributed by atoms with van der Waals surface area (Å²) < 4.78 is 1.57. The molecule has 0 fully saturated rings. The van der Waals surface area contributed by atoms with Gasteiger partial charge in [-0.05, 0) is 11.6 Å². The molecule has 0 aliphatic rings. The number of hydrogen-bond donors (Lipinski definition) is 3. The van der Waals surface area contributed by atoms with E-state index in [9.17, 15) is 14.4 Å². The first-order valence-electron chi connectivity index (χ1n) is 8.31. The Morgan fingerprint density at radius 2 is 1.96 bits per heavy atom. The summed E-state index contributed by atoms with van der Waals surface area (Å²) >= 11 is 0. The monoisotopic (exact) mass is 365 g/mol. The van der Waals surface area contributed by atoms with Gasteiger partial charge in [0.2, 0.25) is 5.78 Å². The molecule has 2 aromatic heterocycles. The fraction of sp³-hybridized carbons (Fsp3) is 0.158. The molecule has 2 amide bonds. The topological polar surface area (TPSA) is 123 Å². The van der Waals surface area contributed by atoms with Gasteiger partial charge in [-0.1, -0.05) is 30.3 Å². The summed E-state index contributed by atoms with van der Waals surface area (Å²) in [4.78, 5) is 39.4. The number of aromatic amines is 1. The minimum absolute atomic E-state index is 0.161. The van der Waals surface area contributed by atoms with Gasteiger partial charge in [0.25, 0.3) is 11.8 Å². The quantitative estimate of drug-likeness (QED) is 0.536. The van der Waals surface area contributed by atoms with Gasteiger partial charge in [0, 0.05) is 31.4 Å². The van der Waals surface area contributed by atoms with Crippen molar-refractivity contribution in [1.29, 1.82) is 0 Å². The molecule has 1 atom stereocenters. The van der Waals surface area contributed by atoms with Crippen molar-refractivity contribution in [1.82, 2.24) is 20.1 Å². The normalized spacial score (nSPS) is 11.7. The lowest BCUT2D eigenvalue weighted by Gasteiger charge is -2.16. The minimum atomic E-state index is -1.09. The summed E-state index contributed by atoms with van der Waals surface area (Å²) in [5.74, 6) is -2.44. The zero-order chi connectivity index (χ0) is 19.4. The van der Waals surface area contributed by atoms with Crippen LogP contribution in [-0.4, -0.2) is 38.4 Å². The molecule has 1 aromatic carbocycles. The van der Waals surface area contributed by atoms with Crippen LogP contribution in [0.1, 0.15) is 15.9 Å². The fourth-order valence-corrected chi connectivity index (χ4v) is 2.88. The van der Waals surface area contributed by atoms with Crippen LogP contribution in [0.4, 0.5) is 0 Å². The number of nitrogens with one attached hydrogen (secondary N) is 2. The van der Waals surface area contributed by atoms with E-state index in [1.54, 1.807) is 24.1 Å². The van der Waals surface area contributed by atoms with Crippen molar-refractivity contribution in [3.8, 4) is 11.3 Å². The number of rotatable bonds is 7. The fourth-order valence-electron chi connectivity index (χ4n) is 2.88. The van der Waals surface area contributed by atoms with Crippen molar-refractivity contribution in [3.05, 3.63) is 66.1 Å². The molecule has 2 heterocycles. The molecule has 3 aromatic rings. The molecule has 0 aliphatic carbocycles. The standard InChI is InChI=1S/C19H19N5O3/c1-24-16(13-7-8-21-10-13)14(11-22-24)19(27)23-15(17(25)18(20)26)9-12-5-3-2-4-6-12/h2-8,10-11,15,21H,9H2,1H3,(H2,20,26)(H,23,27). The van der Waals surface area contributed by atoms with Crippen molar-refractivity contribution >= 4 is 17.6 Å². The Morgan fingerprint density at radius 3 is 2.59 bits per heavy atom. The number of ketones is 1. The van der Waals surface area contributed by atoms with Gasteiger partial charge >= 0.3 is 0 Å². The van der Waals surface area contributed by atoms with Crippen LogP contribution in [0.5, 0.6) is 0 Å². The Hall–Kier alpha value is -3.68. The van der Waals surface area contributed by atoms with Crippen LogP contribution in [0, 0.1) is 0 Å². The number of benzene rings is 1. The van der Waals surface area contributed by atoms with Crippen molar-refractivity contribution < 1.29 is 14.4 Å². The minimum Gasteiger partial charge on any atom is -0.367 e. The molecule has 4 N–H and O–H groups in total. The van der Waals surface area contributed by atoms with Crippen molar-refractivity contribution in [2.24, 2.45) is 12.8 Å². The number of aromatic nitrogens is 3. The number of nitrogens with two attached hydrogens (primary N) is 1. The second kappa shape index (κ2) is 7.69. The Labute approximate surface area is 155 Å². The Bertz CT molecular complexity index is 961. The first-order chi connectivity index (χ1) is 13.0. The highest BCUT2D eigenvalue weighted by molar-refractivity contribution is 6.38. The maximum atomic E-state index is 12.8. The molecule has 1 unspecified atom stereocenters. The lowest BCUT2D eigenvalue weighted by molar-refractivity contribution is -0.137. The van der Waals surface area contributed by atoms with Crippen molar-refractivity contribution in [2.45, 2.75) is 12.5 Å². The summed E-state index contributed by atoms with van der Waals surface area (Å²) in [5.41, 5.74) is 7.63. The van der Waals surface area contributed by atoms with Crippen LogP contribution in [0.2, 0.25) is 0 Å². The van der Waals surface area contributed by atoms with Gasteiger partial charge in [-0.2, -0.15) is 5.10 Å². The van der Waals surface area contributed by atoms with E-state index in [2.05, 4.69) is 15.4 Å². The van der Waals surface area contributed by atoms with Crippen molar-refractivity contribution in [2.75, 3.05) is 0 Å².